The van der Waals surface area contributed by atoms with Gasteiger partial charge in [0, 0.05) is 49.4 Å². The van der Waals surface area contributed by atoms with Crippen molar-refractivity contribution in [1.29, 1.82) is 0 Å². The van der Waals surface area contributed by atoms with Crippen molar-refractivity contribution in [3.05, 3.63) is 71.1 Å². The van der Waals surface area contributed by atoms with E-state index < -0.39 is 0 Å². The average molecular weight is 503 g/mol. The zero-order chi connectivity index (χ0) is 24.3. The fraction of sp³-hybridized carbons (Fsp3) is 0.562. The molecule has 192 valence electrons. The summed E-state index contributed by atoms with van der Waals surface area (Å²) < 4.78 is 1.31. The predicted molar refractivity (Wildman–Crippen MR) is 151 cm³/mol. The van der Waals surface area contributed by atoms with Crippen LogP contribution in [0.15, 0.2) is 60.0 Å². The summed E-state index contributed by atoms with van der Waals surface area (Å²) in [7, 11) is 0. The number of rotatable bonds is 8. The van der Waals surface area contributed by atoms with Gasteiger partial charge in [-0.25, -0.2) is 0 Å². The number of benzene rings is 2. The molecule has 6 rings (SSSR count). The molecule has 1 aromatic heterocycles. The maximum absolute atomic E-state index is 12.2. The van der Waals surface area contributed by atoms with Gasteiger partial charge in [0.05, 0.1) is 6.10 Å². The van der Waals surface area contributed by atoms with Crippen LogP contribution in [0.1, 0.15) is 68.6 Å². The molecular weight excluding hydrogens is 460 g/mol. The highest BCUT2D eigenvalue weighted by Gasteiger charge is 2.45. The first-order chi connectivity index (χ1) is 17.8. The Morgan fingerprint density at radius 1 is 0.778 bits per heavy atom. The second-order valence-corrected chi connectivity index (χ2v) is 12.5. The van der Waals surface area contributed by atoms with E-state index in [2.05, 4.69) is 69.8 Å². The van der Waals surface area contributed by atoms with E-state index in [4.69, 9.17) is 0 Å². The molecule has 1 N–H and O–H groups in total. The first-order valence-corrected chi connectivity index (χ1v) is 15.3. The van der Waals surface area contributed by atoms with Gasteiger partial charge in [0.15, 0.2) is 0 Å². The summed E-state index contributed by atoms with van der Waals surface area (Å²) >= 11 is 1.80. The highest BCUT2D eigenvalue weighted by Crippen LogP contribution is 2.48. The second kappa shape index (κ2) is 11.3. The summed E-state index contributed by atoms with van der Waals surface area (Å²) in [5.74, 6) is 1.72. The molecular formula is C32H42N2OS. The Balaban J connectivity index is 1.27. The van der Waals surface area contributed by atoms with Crippen molar-refractivity contribution in [2.75, 3.05) is 26.2 Å². The van der Waals surface area contributed by atoms with Crippen LogP contribution in [-0.4, -0.2) is 47.1 Å². The molecule has 3 fully saturated rings. The van der Waals surface area contributed by atoms with Gasteiger partial charge < -0.3 is 5.11 Å². The van der Waals surface area contributed by atoms with Gasteiger partial charge in [0.2, 0.25) is 0 Å². The number of aliphatic hydroxyl groups is 1. The molecule has 1 saturated heterocycles. The third-order valence-electron chi connectivity index (χ3n) is 9.49. The largest absolute Gasteiger partial charge is 0.388 e. The first kappa shape index (κ1) is 24.6. The maximum Gasteiger partial charge on any atom is 0.0849 e. The highest BCUT2D eigenvalue weighted by molar-refractivity contribution is 7.17. The molecule has 0 spiro atoms. The van der Waals surface area contributed by atoms with E-state index in [9.17, 15) is 5.11 Å². The fourth-order valence-corrected chi connectivity index (χ4v) is 8.71. The van der Waals surface area contributed by atoms with Gasteiger partial charge in [-0.1, -0.05) is 87.1 Å². The Morgan fingerprint density at radius 2 is 1.42 bits per heavy atom. The first-order valence-electron chi connectivity index (χ1n) is 14.4. The Morgan fingerprint density at radius 3 is 2.14 bits per heavy atom. The number of thiophene rings is 1. The van der Waals surface area contributed by atoms with Gasteiger partial charge >= 0.3 is 0 Å². The highest BCUT2D eigenvalue weighted by atomic mass is 32.1. The quantitative estimate of drug-likeness (QED) is 0.355. The van der Waals surface area contributed by atoms with Gasteiger partial charge in [-0.3, -0.25) is 9.80 Å². The summed E-state index contributed by atoms with van der Waals surface area (Å²) in [5, 5.41) is 15.7. The van der Waals surface area contributed by atoms with Crippen LogP contribution in [0.25, 0.3) is 10.1 Å². The Hall–Kier alpha value is -1.72. The molecule has 2 aliphatic carbocycles. The van der Waals surface area contributed by atoms with E-state index in [1.54, 1.807) is 11.3 Å². The lowest BCUT2D eigenvalue weighted by Crippen LogP contribution is -2.56. The number of fused-ring (bicyclic) bond motifs is 1. The van der Waals surface area contributed by atoms with Crippen molar-refractivity contribution < 1.29 is 5.11 Å². The van der Waals surface area contributed by atoms with Crippen LogP contribution in [0.4, 0.5) is 0 Å². The molecule has 3 unspecified atom stereocenters. The van der Waals surface area contributed by atoms with E-state index >= 15 is 0 Å². The molecule has 0 bridgehead atoms. The monoisotopic (exact) mass is 502 g/mol. The zero-order valence-corrected chi connectivity index (χ0v) is 22.4. The van der Waals surface area contributed by atoms with Crippen LogP contribution in [0.2, 0.25) is 0 Å². The zero-order valence-electron chi connectivity index (χ0n) is 21.6. The van der Waals surface area contributed by atoms with E-state index in [0.29, 0.717) is 17.9 Å². The molecule has 1 aliphatic heterocycles. The van der Waals surface area contributed by atoms with Gasteiger partial charge in [-0.15, -0.1) is 11.3 Å². The number of nitrogens with zero attached hydrogens (tertiary/aromatic N) is 2. The van der Waals surface area contributed by atoms with Crippen molar-refractivity contribution in [3.8, 4) is 0 Å². The van der Waals surface area contributed by atoms with Crippen molar-refractivity contribution in [2.24, 2.45) is 17.8 Å². The fourth-order valence-electron chi connectivity index (χ4n) is 7.72. The minimum atomic E-state index is -0.364. The lowest BCUT2D eigenvalue weighted by Gasteiger charge is -2.48. The van der Waals surface area contributed by atoms with E-state index in [0.717, 1.165) is 38.6 Å². The van der Waals surface area contributed by atoms with Gasteiger partial charge in [-0.05, 0) is 52.6 Å². The summed E-state index contributed by atoms with van der Waals surface area (Å²) in [6.45, 7) is 5.58. The molecule has 3 aliphatic rings. The van der Waals surface area contributed by atoms with Crippen molar-refractivity contribution in [3.63, 3.8) is 0 Å². The van der Waals surface area contributed by atoms with E-state index in [-0.39, 0.29) is 6.10 Å². The third kappa shape index (κ3) is 5.15. The number of hydrogen-bond donors (Lipinski definition) is 1. The topological polar surface area (TPSA) is 26.7 Å². The van der Waals surface area contributed by atoms with Crippen LogP contribution in [-0.2, 0) is 6.54 Å². The number of piperazine rings is 1. The van der Waals surface area contributed by atoms with Gasteiger partial charge in [-0.2, -0.15) is 0 Å². The lowest BCUT2D eigenvalue weighted by molar-refractivity contribution is -0.0359. The van der Waals surface area contributed by atoms with Crippen molar-refractivity contribution >= 4 is 21.4 Å². The molecule has 0 amide bonds. The molecule has 2 aromatic carbocycles. The van der Waals surface area contributed by atoms with Crippen LogP contribution in [0.3, 0.4) is 0 Å². The van der Waals surface area contributed by atoms with Crippen LogP contribution in [0.5, 0.6) is 0 Å². The normalized spacial score (nSPS) is 23.4. The Kier molecular flexibility index (Phi) is 7.76. The Labute approximate surface area is 221 Å². The second-order valence-electron chi connectivity index (χ2n) is 11.6. The lowest BCUT2D eigenvalue weighted by atomic mass is 9.72. The van der Waals surface area contributed by atoms with Crippen LogP contribution >= 0.6 is 11.3 Å². The van der Waals surface area contributed by atoms with Gasteiger partial charge in [0.1, 0.15) is 0 Å². The molecule has 2 heterocycles. The molecule has 4 heteroatoms. The van der Waals surface area contributed by atoms with E-state index in [1.165, 1.54) is 72.6 Å². The number of hydrogen-bond acceptors (Lipinski definition) is 4. The summed E-state index contributed by atoms with van der Waals surface area (Å²) in [6.07, 6.45) is 10.3. The third-order valence-corrected chi connectivity index (χ3v) is 10.5. The summed E-state index contributed by atoms with van der Waals surface area (Å²) in [6, 6.07) is 20.1. The van der Waals surface area contributed by atoms with Crippen LogP contribution < -0.4 is 0 Å². The standard InChI is InChI=1S/C32H42N2OS/c35-32(28-23-36-29-17-9-8-16-27(28)29)30(25-12-4-5-13-25)31(26-14-6-7-15-26)34-20-18-33(19-21-34)22-24-10-2-1-3-11-24/h1-3,8-11,16-17,23,25-26,30-32,35H,4-7,12-15,18-22H2. The average Bonchev–Trinajstić information content (AvgIpc) is 3.70. The molecule has 3 atom stereocenters. The molecule has 36 heavy (non-hydrogen) atoms. The molecule has 3 nitrogen and oxygen atoms in total. The minimum Gasteiger partial charge on any atom is -0.388 e. The summed E-state index contributed by atoms with van der Waals surface area (Å²) in [5.41, 5.74) is 2.61. The minimum absolute atomic E-state index is 0.342. The van der Waals surface area contributed by atoms with Crippen LogP contribution in [0, 0.1) is 17.8 Å². The summed E-state index contributed by atoms with van der Waals surface area (Å²) in [4.78, 5) is 5.46. The molecule has 3 aromatic rings. The van der Waals surface area contributed by atoms with E-state index in [1.807, 2.05) is 0 Å². The maximum atomic E-state index is 12.2. The van der Waals surface area contributed by atoms with Crippen molar-refractivity contribution in [1.82, 2.24) is 9.80 Å². The number of aliphatic hydroxyl groups excluding tert-OH is 1. The Bertz CT molecular complexity index is 1090. The molecule has 2 saturated carbocycles. The smallest absolute Gasteiger partial charge is 0.0849 e. The molecule has 0 radical (unpaired) electrons. The van der Waals surface area contributed by atoms with Crippen molar-refractivity contribution in [2.45, 2.75) is 70.1 Å². The predicted octanol–water partition coefficient (Wildman–Crippen LogP) is 7.12. The SMILES string of the molecule is OC(c1csc2ccccc12)C(C1CCCC1)C(C1CCCC1)N1CCN(Cc2ccccc2)CC1. The van der Waals surface area contributed by atoms with Gasteiger partial charge in [0.25, 0.3) is 0 Å².